The number of ether oxygens (including phenoxy) is 1. The van der Waals surface area contributed by atoms with Gasteiger partial charge in [-0.1, -0.05) is 31.2 Å². The molecule has 5 nitrogen and oxygen atoms in total. The predicted octanol–water partition coefficient (Wildman–Crippen LogP) is 1.84. The second-order valence-electron chi connectivity index (χ2n) is 5.58. The average molecular weight is 306 g/mol. The maximum Gasteiger partial charge on any atom is 0.191 e. The molecule has 0 spiro atoms. The molecule has 0 heterocycles. The smallest absolute Gasteiger partial charge is 0.191 e. The fourth-order valence-corrected chi connectivity index (χ4v) is 2.17. The lowest BCUT2D eigenvalue weighted by atomic mass is 10.1. The zero-order valence-electron chi connectivity index (χ0n) is 14.5. The Hall–Kier alpha value is -1.59. The van der Waals surface area contributed by atoms with Crippen molar-refractivity contribution in [1.82, 2.24) is 15.5 Å². The van der Waals surface area contributed by atoms with Gasteiger partial charge >= 0.3 is 0 Å². The summed E-state index contributed by atoms with van der Waals surface area (Å²) in [5.41, 5.74) is 2.59. The van der Waals surface area contributed by atoms with E-state index in [2.05, 4.69) is 65.7 Å². The normalized spacial score (nSPS) is 13.3. The van der Waals surface area contributed by atoms with Crippen molar-refractivity contribution in [3.05, 3.63) is 35.4 Å². The molecule has 5 heteroatoms. The lowest BCUT2D eigenvalue weighted by Gasteiger charge is -2.18. The van der Waals surface area contributed by atoms with Gasteiger partial charge in [0.2, 0.25) is 0 Å². The highest BCUT2D eigenvalue weighted by molar-refractivity contribution is 5.79. The van der Waals surface area contributed by atoms with Gasteiger partial charge in [-0.05, 0) is 31.6 Å². The third-order valence-electron chi connectivity index (χ3n) is 3.47. The van der Waals surface area contributed by atoms with Crippen LogP contribution in [0.15, 0.2) is 29.3 Å². The summed E-state index contributed by atoms with van der Waals surface area (Å²) < 4.78 is 5.13. The fraction of sp³-hybridized carbons (Fsp3) is 0.588. The van der Waals surface area contributed by atoms with Crippen molar-refractivity contribution in [3.63, 3.8) is 0 Å². The lowest BCUT2D eigenvalue weighted by molar-refractivity contribution is 0.179. The molecule has 0 fully saturated rings. The van der Waals surface area contributed by atoms with Crippen LogP contribution in [0.25, 0.3) is 0 Å². The fourth-order valence-electron chi connectivity index (χ4n) is 2.17. The molecule has 0 radical (unpaired) electrons. The summed E-state index contributed by atoms with van der Waals surface area (Å²) >= 11 is 0. The van der Waals surface area contributed by atoms with Crippen LogP contribution in [0.1, 0.15) is 25.0 Å². The van der Waals surface area contributed by atoms with Crippen molar-refractivity contribution in [2.75, 3.05) is 34.4 Å². The molecule has 0 aliphatic heterocycles. The Morgan fingerprint density at radius 3 is 2.73 bits per heavy atom. The molecule has 1 aromatic carbocycles. The topological polar surface area (TPSA) is 48.9 Å². The van der Waals surface area contributed by atoms with E-state index < -0.39 is 0 Å². The molecule has 124 valence electrons. The minimum absolute atomic E-state index is 0.223. The van der Waals surface area contributed by atoms with E-state index in [0.29, 0.717) is 6.61 Å². The molecule has 0 bridgehead atoms. The first-order chi connectivity index (χ1) is 10.6. The Morgan fingerprint density at radius 2 is 2.09 bits per heavy atom. The first-order valence-corrected chi connectivity index (χ1v) is 7.81. The van der Waals surface area contributed by atoms with Crippen molar-refractivity contribution in [2.24, 2.45) is 4.99 Å². The molecule has 0 aliphatic rings. The second-order valence-corrected chi connectivity index (χ2v) is 5.58. The zero-order valence-corrected chi connectivity index (χ0v) is 14.5. The van der Waals surface area contributed by atoms with Gasteiger partial charge in [0.1, 0.15) is 0 Å². The Kier molecular flexibility index (Phi) is 8.55. The van der Waals surface area contributed by atoms with Crippen LogP contribution in [-0.2, 0) is 17.8 Å². The highest BCUT2D eigenvalue weighted by Gasteiger charge is 2.05. The van der Waals surface area contributed by atoms with E-state index in [4.69, 9.17) is 4.74 Å². The summed E-state index contributed by atoms with van der Waals surface area (Å²) in [7, 11) is 5.61. The van der Waals surface area contributed by atoms with Crippen LogP contribution in [0.3, 0.4) is 0 Å². The molecule has 2 N–H and O–H groups in total. The number of rotatable bonds is 8. The van der Waals surface area contributed by atoms with Crippen molar-refractivity contribution >= 4 is 5.96 Å². The van der Waals surface area contributed by atoms with Gasteiger partial charge in [0.05, 0.1) is 6.61 Å². The SMILES string of the molecule is CCN(C)Cc1cccc(CNC(=NC)NC(C)COC)c1. The molecule has 1 atom stereocenters. The molecule has 0 amide bonds. The summed E-state index contributed by atoms with van der Waals surface area (Å²) in [4.78, 5) is 6.53. The van der Waals surface area contributed by atoms with Crippen molar-refractivity contribution in [3.8, 4) is 0 Å². The number of benzene rings is 1. The van der Waals surface area contributed by atoms with E-state index >= 15 is 0 Å². The number of guanidine groups is 1. The second kappa shape index (κ2) is 10.2. The van der Waals surface area contributed by atoms with Gasteiger partial charge in [-0.3, -0.25) is 4.99 Å². The molecule has 1 unspecified atom stereocenters. The van der Waals surface area contributed by atoms with Crippen LogP contribution >= 0.6 is 0 Å². The summed E-state index contributed by atoms with van der Waals surface area (Å²) in [5, 5.41) is 6.64. The molecular weight excluding hydrogens is 276 g/mol. The van der Waals surface area contributed by atoms with Gasteiger partial charge < -0.3 is 20.3 Å². The average Bonchev–Trinajstić information content (AvgIpc) is 2.51. The molecule has 22 heavy (non-hydrogen) atoms. The highest BCUT2D eigenvalue weighted by atomic mass is 16.5. The Morgan fingerprint density at radius 1 is 1.36 bits per heavy atom. The number of hydrogen-bond acceptors (Lipinski definition) is 3. The number of aliphatic imine (C=N–C) groups is 1. The Balaban J connectivity index is 2.54. The highest BCUT2D eigenvalue weighted by Crippen LogP contribution is 2.07. The minimum Gasteiger partial charge on any atom is -0.383 e. The summed E-state index contributed by atoms with van der Waals surface area (Å²) in [6.45, 7) is 7.67. The van der Waals surface area contributed by atoms with E-state index in [-0.39, 0.29) is 6.04 Å². The van der Waals surface area contributed by atoms with Gasteiger partial charge in [-0.15, -0.1) is 0 Å². The Labute approximate surface area is 134 Å². The van der Waals surface area contributed by atoms with Crippen molar-refractivity contribution in [1.29, 1.82) is 0 Å². The number of nitrogens with one attached hydrogen (secondary N) is 2. The van der Waals surface area contributed by atoms with E-state index in [1.165, 1.54) is 11.1 Å². The van der Waals surface area contributed by atoms with Crippen LogP contribution in [-0.4, -0.2) is 51.3 Å². The quantitative estimate of drug-likeness (QED) is 0.568. The van der Waals surface area contributed by atoms with Gasteiger partial charge in [-0.25, -0.2) is 0 Å². The maximum absolute atomic E-state index is 5.13. The molecule has 0 saturated carbocycles. The van der Waals surface area contributed by atoms with Gasteiger partial charge in [0.25, 0.3) is 0 Å². The minimum atomic E-state index is 0.223. The summed E-state index contributed by atoms with van der Waals surface area (Å²) in [5.74, 6) is 0.792. The number of hydrogen-bond donors (Lipinski definition) is 2. The molecule has 1 aromatic rings. The van der Waals surface area contributed by atoms with Crippen molar-refractivity contribution < 1.29 is 4.74 Å². The van der Waals surface area contributed by atoms with Crippen LogP contribution in [0, 0.1) is 0 Å². The Bertz CT molecular complexity index is 462. The third kappa shape index (κ3) is 6.91. The van der Waals surface area contributed by atoms with Crippen LogP contribution in [0.4, 0.5) is 0 Å². The van der Waals surface area contributed by atoms with Crippen LogP contribution < -0.4 is 10.6 Å². The molecular formula is C17H30N4O. The third-order valence-corrected chi connectivity index (χ3v) is 3.47. The standard InChI is InChI=1S/C17H30N4O/c1-6-21(4)12-16-9-7-8-15(10-16)11-19-17(18-3)20-14(2)13-22-5/h7-10,14H,6,11-13H2,1-5H3,(H2,18,19,20). The lowest BCUT2D eigenvalue weighted by Crippen LogP contribution is -2.43. The van der Waals surface area contributed by atoms with E-state index in [1.54, 1.807) is 14.2 Å². The summed E-state index contributed by atoms with van der Waals surface area (Å²) in [6, 6.07) is 8.88. The molecule has 0 aromatic heterocycles. The van der Waals surface area contributed by atoms with Gasteiger partial charge in [0.15, 0.2) is 5.96 Å². The van der Waals surface area contributed by atoms with E-state index in [9.17, 15) is 0 Å². The number of nitrogens with zero attached hydrogens (tertiary/aromatic N) is 2. The first-order valence-electron chi connectivity index (χ1n) is 7.81. The maximum atomic E-state index is 5.13. The largest absolute Gasteiger partial charge is 0.383 e. The predicted molar refractivity (Wildman–Crippen MR) is 93.1 cm³/mol. The van der Waals surface area contributed by atoms with Crippen molar-refractivity contribution in [2.45, 2.75) is 33.0 Å². The first kappa shape index (κ1) is 18.5. The van der Waals surface area contributed by atoms with E-state index in [0.717, 1.165) is 25.6 Å². The summed E-state index contributed by atoms with van der Waals surface area (Å²) in [6.07, 6.45) is 0. The monoisotopic (exact) mass is 306 g/mol. The molecule has 0 aliphatic carbocycles. The van der Waals surface area contributed by atoms with Crippen LogP contribution in [0.5, 0.6) is 0 Å². The molecule has 1 rings (SSSR count). The van der Waals surface area contributed by atoms with Gasteiger partial charge in [0, 0.05) is 33.3 Å². The molecule has 0 saturated heterocycles. The zero-order chi connectivity index (χ0) is 16.4. The van der Waals surface area contributed by atoms with Crippen LogP contribution in [0.2, 0.25) is 0 Å². The number of methoxy groups -OCH3 is 1. The van der Waals surface area contributed by atoms with Gasteiger partial charge in [-0.2, -0.15) is 0 Å². The van der Waals surface area contributed by atoms with E-state index in [1.807, 2.05) is 0 Å².